The lowest BCUT2D eigenvalue weighted by atomic mass is 9.80. The first-order valence-corrected chi connectivity index (χ1v) is 8.11. The van der Waals surface area contributed by atoms with E-state index in [2.05, 4.69) is 22.9 Å². The van der Waals surface area contributed by atoms with E-state index in [9.17, 15) is 0 Å². The van der Waals surface area contributed by atoms with Crippen molar-refractivity contribution in [1.82, 2.24) is 0 Å². The maximum absolute atomic E-state index is 6.14. The van der Waals surface area contributed by atoms with Crippen molar-refractivity contribution in [2.45, 2.75) is 44.6 Å². The zero-order valence-electron chi connectivity index (χ0n) is 11.8. The highest BCUT2D eigenvalue weighted by molar-refractivity contribution is 9.09. The third-order valence-electron chi connectivity index (χ3n) is 3.57. The lowest BCUT2D eigenvalue weighted by Crippen LogP contribution is -2.39. The van der Waals surface area contributed by atoms with Crippen molar-refractivity contribution in [3.05, 3.63) is 0 Å². The molecular weight excluding hydrogens is 296 g/mol. The molecule has 1 rings (SSSR count). The van der Waals surface area contributed by atoms with Gasteiger partial charge in [-0.2, -0.15) is 0 Å². The van der Waals surface area contributed by atoms with Crippen molar-refractivity contribution in [3.8, 4) is 0 Å². The average molecular weight is 323 g/mol. The Hall–Kier alpha value is 0.360. The molecule has 0 amide bonds. The monoisotopic (exact) mass is 322 g/mol. The fourth-order valence-electron chi connectivity index (χ4n) is 2.60. The van der Waals surface area contributed by atoms with Crippen LogP contribution in [0.2, 0.25) is 0 Å². The second kappa shape index (κ2) is 9.29. The summed E-state index contributed by atoms with van der Waals surface area (Å²) in [7, 11) is 1.69. The predicted octanol–water partition coefficient (Wildman–Crippen LogP) is 3.40. The third-order valence-corrected chi connectivity index (χ3v) is 4.59. The zero-order valence-corrected chi connectivity index (χ0v) is 13.3. The topological polar surface area (TPSA) is 27.7 Å². The van der Waals surface area contributed by atoms with Crippen molar-refractivity contribution in [3.63, 3.8) is 0 Å². The number of hydrogen-bond acceptors (Lipinski definition) is 3. The zero-order chi connectivity index (χ0) is 13.3. The fraction of sp³-hybridized carbons (Fsp3) is 1.00. The van der Waals surface area contributed by atoms with E-state index in [4.69, 9.17) is 14.2 Å². The van der Waals surface area contributed by atoms with E-state index in [0.29, 0.717) is 13.2 Å². The minimum Gasteiger partial charge on any atom is -0.382 e. The molecule has 1 aliphatic carbocycles. The standard InChI is InChI=1S/C14H27BrO3/c1-13-5-3-6-14(11-13,12-15)18-8-4-7-17-10-9-16-2/h13H,3-12H2,1-2H3. The van der Waals surface area contributed by atoms with Crippen LogP contribution in [-0.2, 0) is 14.2 Å². The van der Waals surface area contributed by atoms with Gasteiger partial charge < -0.3 is 14.2 Å². The first kappa shape index (κ1) is 16.4. The molecule has 4 heteroatoms. The summed E-state index contributed by atoms with van der Waals surface area (Å²) in [5, 5.41) is 0.953. The van der Waals surface area contributed by atoms with Crippen LogP contribution in [0.4, 0.5) is 0 Å². The molecule has 1 saturated carbocycles. The van der Waals surface area contributed by atoms with Gasteiger partial charge in [-0.1, -0.05) is 35.7 Å². The number of halogens is 1. The first-order valence-electron chi connectivity index (χ1n) is 6.99. The molecule has 0 bridgehead atoms. The number of ether oxygens (including phenoxy) is 3. The Labute approximate surface area is 120 Å². The molecule has 1 fully saturated rings. The molecule has 0 aromatic rings. The quantitative estimate of drug-likeness (QED) is 0.481. The molecular formula is C14H27BrO3. The van der Waals surface area contributed by atoms with Crippen LogP contribution in [-0.4, -0.2) is 44.5 Å². The first-order chi connectivity index (χ1) is 8.72. The van der Waals surface area contributed by atoms with E-state index in [-0.39, 0.29) is 5.60 Å². The molecule has 2 atom stereocenters. The van der Waals surface area contributed by atoms with Crippen molar-refractivity contribution in [2.75, 3.05) is 38.9 Å². The highest BCUT2D eigenvalue weighted by Gasteiger charge is 2.34. The van der Waals surface area contributed by atoms with Gasteiger partial charge in [0, 0.05) is 25.7 Å². The van der Waals surface area contributed by atoms with E-state index in [1.165, 1.54) is 25.7 Å². The highest BCUT2D eigenvalue weighted by atomic mass is 79.9. The summed E-state index contributed by atoms with van der Waals surface area (Å²) in [5.41, 5.74) is 0.0736. The molecule has 0 spiro atoms. The van der Waals surface area contributed by atoms with Gasteiger partial charge >= 0.3 is 0 Å². The largest absolute Gasteiger partial charge is 0.382 e. The predicted molar refractivity (Wildman–Crippen MR) is 77.4 cm³/mol. The van der Waals surface area contributed by atoms with E-state index in [1.807, 2.05) is 0 Å². The van der Waals surface area contributed by atoms with E-state index >= 15 is 0 Å². The second-order valence-corrected chi connectivity index (χ2v) is 5.89. The SMILES string of the molecule is COCCOCCCOC1(CBr)CCCC(C)C1. The molecule has 0 radical (unpaired) electrons. The minimum absolute atomic E-state index is 0.0736. The van der Waals surface area contributed by atoms with Gasteiger partial charge in [-0.05, 0) is 25.2 Å². The highest BCUT2D eigenvalue weighted by Crippen LogP contribution is 2.36. The Bertz CT molecular complexity index is 213. The number of methoxy groups -OCH3 is 1. The summed E-state index contributed by atoms with van der Waals surface area (Å²) >= 11 is 3.63. The van der Waals surface area contributed by atoms with Crippen molar-refractivity contribution < 1.29 is 14.2 Å². The van der Waals surface area contributed by atoms with Gasteiger partial charge in [-0.3, -0.25) is 0 Å². The van der Waals surface area contributed by atoms with Gasteiger partial charge in [0.1, 0.15) is 0 Å². The molecule has 3 nitrogen and oxygen atoms in total. The molecule has 0 N–H and O–H groups in total. The lowest BCUT2D eigenvalue weighted by molar-refractivity contribution is -0.0691. The summed E-state index contributed by atoms with van der Waals surface area (Å²) in [6, 6.07) is 0. The van der Waals surface area contributed by atoms with E-state index in [1.54, 1.807) is 7.11 Å². The van der Waals surface area contributed by atoms with Crippen LogP contribution in [0, 0.1) is 5.92 Å². The summed E-state index contributed by atoms with van der Waals surface area (Å²) in [5.74, 6) is 0.786. The average Bonchev–Trinajstić information content (AvgIpc) is 2.38. The van der Waals surface area contributed by atoms with Crippen LogP contribution in [0.5, 0.6) is 0 Å². The van der Waals surface area contributed by atoms with Crippen LogP contribution in [0.25, 0.3) is 0 Å². The molecule has 0 heterocycles. The van der Waals surface area contributed by atoms with Crippen LogP contribution in [0.15, 0.2) is 0 Å². The normalized spacial score (nSPS) is 28.5. The Balaban J connectivity index is 2.11. The molecule has 2 unspecified atom stereocenters. The Morgan fingerprint density at radius 1 is 1.22 bits per heavy atom. The van der Waals surface area contributed by atoms with Gasteiger partial charge in [0.15, 0.2) is 0 Å². The van der Waals surface area contributed by atoms with Crippen molar-refractivity contribution in [1.29, 1.82) is 0 Å². The Morgan fingerprint density at radius 3 is 2.72 bits per heavy atom. The summed E-state index contributed by atoms with van der Waals surface area (Å²) in [6.07, 6.45) is 5.97. The summed E-state index contributed by atoms with van der Waals surface area (Å²) in [4.78, 5) is 0. The number of rotatable bonds is 9. The maximum atomic E-state index is 6.14. The molecule has 108 valence electrons. The second-order valence-electron chi connectivity index (χ2n) is 5.33. The summed E-state index contributed by atoms with van der Waals surface area (Å²) in [6.45, 7) is 5.23. The summed E-state index contributed by atoms with van der Waals surface area (Å²) < 4.78 is 16.5. The minimum atomic E-state index is 0.0736. The van der Waals surface area contributed by atoms with Gasteiger partial charge in [0.05, 0.1) is 18.8 Å². The van der Waals surface area contributed by atoms with Crippen LogP contribution in [0.1, 0.15) is 39.0 Å². The molecule has 0 aromatic carbocycles. The Morgan fingerprint density at radius 2 is 2.06 bits per heavy atom. The fourth-order valence-corrected chi connectivity index (χ4v) is 3.27. The Kier molecular flexibility index (Phi) is 8.47. The maximum Gasteiger partial charge on any atom is 0.0781 e. The van der Waals surface area contributed by atoms with Gasteiger partial charge in [-0.15, -0.1) is 0 Å². The third kappa shape index (κ3) is 6.00. The van der Waals surface area contributed by atoms with Gasteiger partial charge in [0.2, 0.25) is 0 Å². The molecule has 18 heavy (non-hydrogen) atoms. The van der Waals surface area contributed by atoms with Crippen molar-refractivity contribution in [2.24, 2.45) is 5.92 Å². The smallest absolute Gasteiger partial charge is 0.0781 e. The van der Waals surface area contributed by atoms with E-state index in [0.717, 1.165) is 30.9 Å². The molecule has 1 aliphatic rings. The molecule has 0 aromatic heterocycles. The van der Waals surface area contributed by atoms with E-state index < -0.39 is 0 Å². The number of alkyl halides is 1. The lowest BCUT2D eigenvalue weighted by Gasteiger charge is -2.38. The van der Waals surface area contributed by atoms with Crippen LogP contribution >= 0.6 is 15.9 Å². The molecule has 0 saturated heterocycles. The van der Waals surface area contributed by atoms with Crippen LogP contribution in [0.3, 0.4) is 0 Å². The van der Waals surface area contributed by atoms with Gasteiger partial charge in [-0.25, -0.2) is 0 Å². The van der Waals surface area contributed by atoms with Crippen LogP contribution < -0.4 is 0 Å². The molecule has 0 aliphatic heterocycles. The van der Waals surface area contributed by atoms with Gasteiger partial charge in [0.25, 0.3) is 0 Å². The van der Waals surface area contributed by atoms with Crippen molar-refractivity contribution >= 4 is 15.9 Å². The number of hydrogen-bond donors (Lipinski definition) is 0.